The first-order valence-corrected chi connectivity index (χ1v) is 3.70. The molecule has 2 nitrogen and oxygen atoms in total. The van der Waals surface area contributed by atoms with Gasteiger partial charge in [-0.05, 0) is 6.07 Å². The quantitative estimate of drug-likeness (QED) is 0.412. The maximum Gasteiger partial charge on any atom is 0.235 e. The molecule has 5 heteroatoms. The summed E-state index contributed by atoms with van der Waals surface area (Å²) >= 11 is 5.27. The van der Waals surface area contributed by atoms with Gasteiger partial charge in [0.1, 0.15) is 16.7 Å². The van der Waals surface area contributed by atoms with Crippen LogP contribution in [0.1, 0.15) is 5.56 Å². The molecule has 0 heterocycles. The summed E-state index contributed by atoms with van der Waals surface area (Å²) in [6.07, 6.45) is 1.25. The molecule has 0 bridgehead atoms. The second-order valence-electron chi connectivity index (χ2n) is 2.24. The zero-order valence-corrected chi connectivity index (χ0v) is 7.11. The Bertz CT molecular complexity index is 375. The molecule has 1 aromatic carbocycles. The molecule has 0 radical (unpaired) electrons. The third kappa shape index (κ3) is 2.11. The molecule has 0 saturated heterocycles. The van der Waals surface area contributed by atoms with E-state index in [0.29, 0.717) is 0 Å². The van der Waals surface area contributed by atoms with Crippen molar-refractivity contribution < 1.29 is 13.6 Å². The number of carbonyl (C=O) groups excluding carboxylic acids is 1. The predicted molar refractivity (Wildman–Crippen MR) is 43.2 cm³/mol. The van der Waals surface area contributed by atoms with Crippen LogP contribution in [-0.4, -0.2) is 6.08 Å². The van der Waals surface area contributed by atoms with Gasteiger partial charge in [0, 0.05) is 5.56 Å². The molecule has 13 heavy (non-hydrogen) atoms. The fraction of sp³-hybridized carbons (Fsp3) is 0.125. The van der Waals surface area contributed by atoms with Crippen molar-refractivity contribution >= 4 is 17.7 Å². The zero-order chi connectivity index (χ0) is 9.84. The van der Waals surface area contributed by atoms with Gasteiger partial charge < -0.3 is 0 Å². The minimum Gasteiger partial charge on any atom is -0.211 e. The molecular formula is C8H4ClF2NO. The van der Waals surface area contributed by atoms with E-state index in [-0.39, 0.29) is 12.1 Å². The summed E-state index contributed by atoms with van der Waals surface area (Å²) in [5.41, 5.74) is 0.0646. The molecular weight excluding hydrogens is 200 g/mol. The van der Waals surface area contributed by atoms with Gasteiger partial charge in [-0.2, -0.15) is 0 Å². The van der Waals surface area contributed by atoms with E-state index in [1.54, 1.807) is 0 Å². The number of nitrogens with zero attached hydrogens (tertiary/aromatic N) is 1. The maximum absolute atomic E-state index is 13.0. The van der Waals surface area contributed by atoms with Crippen molar-refractivity contribution in [1.82, 2.24) is 0 Å². The Balaban J connectivity index is 3.10. The van der Waals surface area contributed by atoms with Crippen LogP contribution in [0.3, 0.4) is 0 Å². The molecule has 0 aliphatic heterocycles. The fourth-order valence-electron chi connectivity index (χ4n) is 0.805. The number of rotatable bonds is 2. The summed E-state index contributed by atoms with van der Waals surface area (Å²) in [5, 5.41) is -0.585. The SMILES string of the molecule is O=C=NCc1ccc(F)c(Cl)c1F. The Morgan fingerprint density at radius 1 is 1.46 bits per heavy atom. The highest BCUT2D eigenvalue weighted by Gasteiger charge is 2.10. The molecule has 68 valence electrons. The third-order valence-electron chi connectivity index (χ3n) is 1.43. The van der Waals surface area contributed by atoms with Gasteiger partial charge in [-0.3, -0.25) is 0 Å². The van der Waals surface area contributed by atoms with Gasteiger partial charge in [0.15, 0.2) is 0 Å². The molecule has 1 aromatic rings. The minimum atomic E-state index is -0.888. The predicted octanol–water partition coefficient (Wildman–Crippen LogP) is 2.45. The second-order valence-corrected chi connectivity index (χ2v) is 2.62. The van der Waals surface area contributed by atoms with E-state index in [0.717, 1.165) is 6.07 Å². The average Bonchev–Trinajstić information content (AvgIpc) is 2.13. The molecule has 0 spiro atoms. The minimum absolute atomic E-state index is 0.0646. The van der Waals surface area contributed by atoms with Crippen molar-refractivity contribution in [2.75, 3.05) is 0 Å². The maximum atomic E-state index is 13.0. The number of benzene rings is 1. The van der Waals surface area contributed by atoms with Crippen molar-refractivity contribution in [3.8, 4) is 0 Å². The Morgan fingerprint density at radius 2 is 2.15 bits per heavy atom. The van der Waals surface area contributed by atoms with E-state index in [4.69, 9.17) is 11.6 Å². The normalized spacial score (nSPS) is 9.46. The lowest BCUT2D eigenvalue weighted by Gasteiger charge is -2.00. The number of hydrogen-bond donors (Lipinski definition) is 0. The zero-order valence-electron chi connectivity index (χ0n) is 6.35. The molecule has 0 atom stereocenters. The third-order valence-corrected chi connectivity index (χ3v) is 1.78. The first-order valence-electron chi connectivity index (χ1n) is 3.33. The largest absolute Gasteiger partial charge is 0.235 e. The van der Waals surface area contributed by atoms with Crippen molar-refractivity contribution in [3.05, 3.63) is 34.4 Å². The van der Waals surface area contributed by atoms with Crippen LogP contribution in [0.15, 0.2) is 17.1 Å². The lowest BCUT2D eigenvalue weighted by molar-refractivity contribution is 0.560. The average molecular weight is 204 g/mol. The van der Waals surface area contributed by atoms with Crippen LogP contribution in [0.5, 0.6) is 0 Å². The summed E-state index contributed by atoms with van der Waals surface area (Å²) in [4.78, 5) is 12.9. The fourth-order valence-corrected chi connectivity index (χ4v) is 0.990. The van der Waals surface area contributed by atoms with Crippen LogP contribution in [0.4, 0.5) is 8.78 Å². The van der Waals surface area contributed by atoms with E-state index in [1.807, 2.05) is 0 Å². The number of aliphatic imine (C=N–C) groups is 1. The van der Waals surface area contributed by atoms with Crippen LogP contribution < -0.4 is 0 Å². The van der Waals surface area contributed by atoms with Crippen LogP contribution in [0.2, 0.25) is 5.02 Å². The van der Waals surface area contributed by atoms with E-state index in [9.17, 15) is 13.6 Å². The molecule has 0 aromatic heterocycles. The van der Waals surface area contributed by atoms with Crippen LogP contribution in [-0.2, 0) is 11.3 Å². The topological polar surface area (TPSA) is 29.4 Å². The molecule has 0 unspecified atom stereocenters. The lowest BCUT2D eigenvalue weighted by Crippen LogP contribution is -1.92. The molecule has 0 aliphatic rings. The van der Waals surface area contributed by atoms with Crippen LogP contribution in [0, 0.1) is 11.6 Å². The van der Waals surface area contributed by atoms with E-state index in [2.05, 4.69) is 4.99 Å². The molecule has 0 amide bonds. The van der Waals surface area contributed by atoms with Crippen molar-refractivity contribution in [1.29, 1.82) is 0 Å². The molecule has 0 aliphatic carbocycles. The molecule has 0 fully saturated rings. The summed E-state index contributed by atoms with van der Waals surface area (Å²) < 4.78 is 25.6. The van der Waals surface area contributed by atoms with Crippen molar-refractivity contribution in [3.63, 3.8) is 0 Å². The van der Waals surface area contributed by atoms with E-state index >= 15 is 0 Å². The van der Waals surface area contributed by atoms with Crippen molar-refractivity contribution in [2.45, 2.75) is 6.54 Å². The number of halogens is 3. The first kappa shape index (κ1) is 9.84. The Morgan fingerprint density at radius 3 is 2.77 bits per heavy atom. The van der Waals surface area contributed by atoms with Crippen molar-refractivity contribution in [2.24, 2.45) is 4.99 Å². The monoisotopic (exact) mass is 203 g/mol. The van der Waals surface area contributed by atoms with Gasteiger partial charge in [0.25, 0.3) is 0 Å². The van der Waals surface area contributed by atoms with Crippen LogP contribution in [0.25, 0.3) is 0 Å². The smallest absolute Gasteiger partial charge is 0.211 e. The van der Waals surface area contributed by atoms with Crippen LogP contribution >= 0.6 is 11.6 Å². The Hall–Kier alpha value is -1.25. The van der Waals surface area contributed by atoms with Gasteiger partial charge in [-0.1, -0.05) is 17.7 Å². The number of hydrogen-bond acceptors (Lipinski definition) is 2. The van der Waals surface area contributed by atoms with Gasteiger partial charge in [-0.15, -0.1) is 0 Å². The summed E-state index contributed by atoms with van der Waals surface area (Å²) in [6, 6.07) is 2.19. The summed E-state index contributed by atoms with van der Waals surface area (Å²) in [7, 11) is 0. The van der Waals surface area contributed by atoms with E-state index in [1.165, 1.54) is 12.1 Å². The van der Waals surface area contributed by atoms with Gasteiger partial charge in [0.2, 0.25) is 6.08 Å². The second kappa shape index (κ2) is 4.12. The molecule has 0 N–H and O–H groups in total. The summed E-state index contributed by atoms with van der Waals surface area (Å²) in [5.74, 6) is -1.72. The highest BCUT2D eigenvalue weighted by molar-refractivity contribution is 6.30. The standard InChI is InChI=1S/C8H4ClF2NO/c9-7-6(10)2-1-5(8(7)11)3-12-4-13/h1-2H,3H2. The summed E-state index contributed by atoms with van der Waals surface area (Å²) in [6.45, 7) is -0.185. The Kier molecular flexibility index (Phi) is 3.12. The lowest BCUT2D eigenvalue weighted by atomic mass is 10.2. The van der Waals surface area contributed by atoms with Gasteiger partial charge in [-0.25, -0.2) is 18.6 Å². The first-order chi connectivity index (χ1) is 6.16. The number of isocyanates is 1. The van der Waals surface area contributed by atoms with Gasteiger partial charge >= 0.3 is 0 Å². The Labute approximate surface area is 77.9 Å². The highest BCUT2D eigenvalue weighted by Crippen LogP contribution is 2.22. The highest BCUT2D eigenvalue weighted by atomic mass is 35.5. The molecule has 0 saturated carbocycles. The van der Waals surface area contributed by atoms with E-state index < -0.39 is 16.7 Å². The van der Waals surface area contributed by atoms with Gasteiger partial charge in [0.05, 0.1) is 6.54 Å². The molecule has 1 rings (SSSR count).